The molecule has 0 nitrogen and oxygen atoms in total. The average molecular weight is 210 g/mol. The largest absolute Gasteiger partial charge is 0.0992 e. The molecule has 0 saturated carbocycles. The number of hydrogen-bond acceptors (Lipinski definition) is 0. The predicted molar refractivity (Wildman–Crippen MR) is 72.5 cm³/mol. The summed E-state index contributed by atoms with van der Waals surface area (Å²) in [6.07, 6.45) is 5.64. The first-order valence-corrected chi connectivity index (χ1v) is 5.36. The second kappa shape index (κ2) is 5.92. The van der Waals surface area contributed by atoms with Gasteiger partial charge in [-0.1, -0.05) is 73.9 Å². The number of rotatable bonds is 5. The van der Waals surface area contributed by atoms with E-state index in [-0.39, 0.29) is 5.92 Å². The van der Waals surface area contributed by atoms with Crippen molar-refractivity contribution in [2.75, 3.05) is 0 Å². The first-order chi connectivity index (χ1) is 7.70. The molecule has 0 amide bonds. The summed E-state index contributed by atoms with van der Waals surface area (Å²) in [4.78, 5) is 0. The molecule has 0 bridgehead atoms. The van der Waals surface area contributed by atoms with E-state index in [2.05, 4.69) is 31.9 Å². The Morgan fingerprint density at radius 3 is 2.25 bits per heavy atom. The fourth-order valence-electron chi connectivity index (χ4n) is 1.83. The van der Waals surface area contributed by atoms with Crippen LogP contribution in [0.3, 0.4) is 0 Å². The van der Waals surface area contributed by atoms with E-state index in [0.717, 1.165) is 11.1 Å². The second-order valence-corrected chi connectivity index (χ2v) is 3.80. The van der Waals surface area contributed by atoms with E-state index in [4.69, 9.17) is 0 Å². The zero-order chi connectivity index (χ0) is 12.0. The maximum atomic E-state index is 4.06. The molecule has 0 heterocycles. The van der Waals surface area contributed by atoms with Crippen LogP contribution in [-0.2, 0) is 0 Å². The highest BCUT2D eigenvalue weighted by molar-refractivity contribution is 5.42. The van der Waals surface area contributed by atoms with Crippen molar-refractivity contribution in [1.82, 2.24) is 0 Å². The summed E-state index contributed by atoms with van der Waals surface area (Å²) in [5.41, 5.74) is 3.48. The van der Waals surface area contributed by atoms with Crippen molar-refractivity contribution in [2.24, 2.45) is 0 Å². The number of benzene rings is 1. The van der Waals surface area contributed by atoms with Gasteiger partial charge in [0.15, 0.2) is 0 Å². The molecule has 0 aliphatic rings. The highest BCUT2D eigenvalue weighted by atomic mass is 14.2. The Labute approximate surface area is 98.3 Å². The van der Waals surface area contributed by atoms with Crippen LogP contribution >= 0.6 is 0 Å². The Balaban J connectivity index is 3.19. The van der Waals surface area contributed by atoms with Crippen molar-refractivity contribution in [3.63, 3.8) is 0 Å². The van der Waals surface area contributed by atoms with Gasteiger partial charge in [0.2, 0.25) is 0 Å². The van der Waals surface area contributed by atoms with Gasteiger partial charge in [-0.25, -0.2) is 0 Å². The summed E-state index contributed by atoms with van der Waals surface area (Å²) < 4.78 is 0. The summed E-state index contributed by atoms with van der Waals surface area (Å²) in [6.45, 7) is 13.7. The molecule has 0 radical (unpaired) electrons. The molecule has 0 heteroatoms. The van der Waals surface area contributed by atoms with Crippen molar-refractivity contribution < 1.29 is 0 Å². The van der Waals surface area contributed by atoms with E-state index < -0.39 is 0 Å². The zero-order valence-electron chi connectivity index (χ0n) is 9.82. The van der Waals surface area contributed by atoms with Crippen molar-refractivity contribution in [2.45, 2.75) is 12.8 Å². The Bertz CT molecular complexity index is 407. The van der Waals surface area contributed by atoms with Gasteiger partial charge in [0, 0.05) is 5.92 Å². The smallest absolute Gasteiger partial charge is 0.0293 e. The Hall–Kier alpha value is -1.82. The molecule has 1 aromatic rings. The van der Waals surface area contributed by atoms with Crippen LogP contribution in [0, 0.1) is 0 Å². The van der Waals surface area contributed by atoms with Crippen molar-refractivity contribution in [3.05, 3.63) is 85.0 Å². The molecule has 1 aromatic carbocycles. The topological polar surface area (TPSA) is 0 Å². The molecule has 0 fully saturated rings. The molecule has 0 aliphatic heterocycles. The molecule has 0 aromatic heterocycles. The minimum absolute atomic E-state index is 0.205. The third-order valence-electron chi connectivity index (χ3n) is 2.51. The lowest BCUT2D eigenvalue weighted by Crippen LogP contribution is -2.01. The lowest BCUT2D eigenvalue weighted by atomic mass is 9.86. The van der Waals surface area contributed by atoms with Gasteiger partial charge >= 0.3 is 0 Å². The van der Waals surface area contributed by atoms with E-state index in [1.54, 1.807) is 6.08 Å². The third kappa shape index (κ3) is 2.83. The van der Waals surface area contributed by atoms with E-state index in [9.17, 15) is 0 Å². The average Bonchev–Trinajstić information content (AvgIpc) is 2.29. The van der Waals surface area contributed by atoms with Crippen molar-refractivity contribution in [3.8, 4) is 0 Å². The first kappa shape index (κ1) is 12.3. The molecule has 0 saturated heterocycles. The van der Waals surface area contributed by atoms with E-state index in [1.165, 1.54) is 5.56 Å². The highest BCUT2D eigenvalue weighted by Gasteiger charge is 2.14. The summed E-state index contributed by atoms with van der Waals surface area (Å²) >= 11 is 0. The molecule has 0 N–H and O–H groups in total. The maximum Gasteiger partial charge on any atom is 0.0293 e. The molecular formula is C16H18. The molecule has 0 aliphatic carbocycles. The summed E-state index contributed by atoms with van der Waals surface area (Å²) in [7, 11) is 0. The fourth-order valence-corrected chi connectivity index (χ4v) is 1.83. The van der Waals surface area contributed by atoms with Crippen LogP contribution < -0.4 is 0 Å². The molecule has 0 spiro atoms. The number of allylic oxidation sites excluding steroid dienone is 5. The normalized spacial score (nSPS) is 12.9. The van der Waals surface area contributed by atoms with Gasteiger partial charge in [-0.2, -0.15) is 0 Å². The molecule has 82 valence electrons. The lowest BCUT2D eigenvalue weighted by Gasteiger charge is -2.18. The fraction of sp³-hybridized carbons (Fsp3) is 0.125. The number of hydrogen-bond donors (Lipinski definition) is 0. The lowest BCUT2D eigenvalue weighted by molar-refractivity contribution is 0.952. The minimum atomic E-state index is 0.205. The second-order valence-electron chi connectivity index (χ2n) is 3.80. The highest BCUT2D eigenvalue weighted by Crippen LogP contribution is 2.31. The summed E-state index contributed by atoms with van der Waals surface area (Å²) in [5.74, 6) is 0.205. The van der Waals surface area contributed by atoms with Crippen molar-refractivity contribution >= 4 is 0 Å². The van der Waals surface area contributed by atoms with Crippen LogP contribution in [0.4, 0.5) is 0 Å². The minimum Gasteiger partial charge on any atom is -0.0992 e. The van der Waals surface area contributed by atoms with Gasteiger partial charge in [0.1, 0.15) is 0 Å². The Morgan fingerprint density at radius 1 is 1.19 bits per heavy atom. The molecule has 16 heavy (non-hydrogen) atoms. The van der Waals surface area contributed by atoms with Crippen LogP contribution in [-0.4, -0.2) is 0 Å². The Kier molecular flexibility index (Phi) is 4.53. The van der Waals surface area contributed by atoms with Gasteiger partial charge < -0.3 is 0 Å². The predicted octanol–water partition coefficient (Wildman–Crippen LogP) is 4.64. The first-order valence-electron chi connectivity index (χ1n) is 5.36. The van der Waals surface area contributed by atoms with Gasteiger partial charge in [-0.05, 0) is 18.1 Å². The summed E-state index contributed by atoms with van der Waals surface area (Å²) in [5, 5.41) is 0. The molecule has 1 unspecified atom stereocenters. The molecule has 1 rings (SSSR count). The zero-order valence-corrected chi connectivity index (χ0v) is 9.82. The van der Waals surface area contributed by atoms with E-state index in [0.29, 0.717) is 0 Å². The van der Waals surface area contributed by atoms with Gasteiger partial charge in [0.05, 0.1) is 0 Å². The standard InChI is InChI=1S/C16H18/c1-5-10-14(6-2)16(13(3)4)15-11-8-7-9-12-15/h5-12,16H,1-3H2,4H3/b14-10+. The van der Waals surface area contributed by atoms with Gasteiger partial charge in [0.25, 0.3) is 0 Å². The van der Waals surface area contributed by atoms with Crippen LogP contribution in [0.5, 0.6) is 0 Å². The van der Waals surface area contributed by atoms with E-state index >= 15 is 0 Å². The van der Waals surface area contributed by atoms with Crippen LogP contribution in [0.2, 0.25) is 0 Å². The van der Waals surface area contributed by atoms with Gasteiger partial charge in [-0.15, -0.1) is 0 Å². The quantitative estimate of drug-likeness (QED) is 0.490. The SMILES string of the molecule is C=C/C=C(\C=C)C(C(=C)C)c1ccccc1. The monoisotopic (exact) mass is 210 g/mol. The Morgan fingerprint density at radius 2 is 1.81 bits per heavy atom. The van der Waals surface area contributed by atoms with Crippen LogP contribution in [0.1, 0.15) is 18.4 Å². The summed E-state index contributed by atoms with van der Waals surface area (Å²) in [6, 6.07) is 10.3. The molecular weight excluding hydrogens is 192 g/mol. The third-order valence-corrected chi connectivity index (χ3v) is 2.51. The van der Waals surface area contributed by atoms with Gasteiger partial charge in [-0.3, -0.25) is 0 Å². The van der Waals surface area contributed by atoms with Crippen molar-refractivity contribution in [1.29, 1.82) is 0 Å². The maximum absolute atomic E-state index is 4.06. The molecule has 1 atom stereocenters. The van der Waals surface area contributed by atoms with E-state index in [1.807, 2.05) is 37.3 Å². The van der Waals surface area contributed by atoms with Crippen LogP contribution in [0.15, 0.2) is 79.4 Å². The van der Waals surface area contributed by atoms with Crippen LogP contribution in [0.25, 0.3) is 0 Å².